The molecule has 0 amide bonds. The van der Waals surface area contributed by atoms with Gasteiger partial charge in [-0.2, -0.15) is 0 Å². The summed E-state index contributed by atoms with van der Waals surface area (Å²) in [5.41, 5.74) is 1.37. The topological polar surface area (TPSA) is 39.1 Å². The van der Waals surface area contributed by atoms with Crippen molar-refractivity contribution < 1.29 is 4.74 Å². The molecular formula is C11H19N3O. The van der Waals surface area contributed by atoms with E-state index in [1.807, 2.05) is 19.4 Å². The molecule has 0 radical (unpaired) electrons. The fourth-order valence-corrected chi connectivity index (χ4v) is 1.84. The van der Waals surface area contributed by atoms with Crippen LogP contribution in [-0.2, 0) is 11.3 Å². The van der Waals surface area contributed by atoms with Crippen LogP contribution in [0.15, 0.2) is 12.5 Å². The predicted octanol–water partition coefficient (Wildman–Crippen LogP) is 0.997. The lowest BCUT2D eigenvalue weighted by Gasteiger charge is -2.27. The number of nitrogens with zero attached hydrogens (tertiary/aromatic N) is 2. The van der Waals surface area contributed by atoms with Crippen molar-refractivity contribution in [2.75, 3.05) is 26.3 Å². The highest BCUT2D eigenvalue weighted by Crippen LogP contribution is 2.19. The summed E-state index contributed by atoms with van der Waals surface area (Å²) in [6, 6.07) is 0. The molecule has 0 spiro atoms. The van der Waals surface area contributed by atoms with Gasteiger partial charge in [0, 0.05) is 50.7 Å². The Morgan fingerprint density at radius 3 is 3.13 bits per heavy atom. The number of hydrogen-bond acceptors (Lipinski definition) is 3. The molecule has 2 heterocycles. The quantitative estimate of drug-likeness (QED) is 0.710. The predicted molar refractivity (Wildman–Crippen MR) is 58.9 cm³/mol. The van der Waals surface area contributed by atoms with Crippen LogP contribution in [0.25, 0.3) is 0 Å². The van der Waals surface area contributed by atoms with Crippen molar-refractivity contribution in [2.24, 2.45) is 0 Å². The van der Waals surface area contributed by atoms with E-state index in [9.17, 15) is 0 Å². The molecule has 0 aromatic carbocycles. The van der Waals surface area contributed by atoms with Crippen molar-refractivity contribution in [2.45, 2.75) is 25.8 Å². The molecule has 1 N–H and O–H groups in total. The van der Waals surface area contributed by atoms with Crippen molar-refractivity contribution >= 4 is 0 Å². The second-order valence-electron chi connectivity index (χ2n) is 3.92. The summed E-state index contributed by atoms with van der Waals surface area (Å²) in [4.78, 5) is 4.22. The van der Waals surface area contributed by atoms with Crippen LogP contribution in [0.3, 0.4) is 0 Å². The van der Waals surface area contributed by atoms with Crippen LogP contribution in [0.4, 0.5) is 0 Å². The molecule has 0 atom stereocenters. The third kappa shape index (κ3) is 2.58. The molecule has 4 nitrogen and oxygen atoms in total. The Kier molecular flexibility index (Phi) is 3.75. The first-order chi connectivity index (χ1) is 7.42. The van der Waals surface area contributed by atoms with Gasteiger partial charge in [-0.3, -0.25) is 0 Å². The van der Waals surface area contributed by atoms with E-state index in [1.165, 1.54) is 5.69 Å². The maximum Gasteiger partial charge on any atom is 0.0948 e. The summed E-state index contributed by atoms with van der Waals surface area (Å²) in [5.74, 6) is 0.666. The number of rotatable bonds is 6. The van der Waals surface area contributed by atoms with Gasteiger partial charge in [0.05, 0.1) is 6.33 Å². The molecule has 1 aliphatic heterocycles. The van der Waals surface area contributed by atoms with Crippen molar-refractivity contribution in [3.05, 3.63) is 18.2 Å². The first-order valence-corrected chi connectivity index (χ1v) is 5.70. The van der Waals surface area contributed by atoms with Crippen molar-refractivity contribution in [1.29, 1.82) is 0 Å². The minimum absolute atomic E-state index is 0.666. The molecule has 0 bridgehead atoms. The van der Waals surface area contributed by atoms with E-state index < -0.39 is 0 Å². The van der Waals surface area contributed by atoms with Crippen molar-refractivity contribution in [3.8, 4) is 0 Å². The van der Waals surface area contributed by atoms with Crippen molar-refractivity contribution in [1.82, 2.24) is 14.9 Å². The number of nitrogens with one attached hydrogen (secondary N) is 1. The van der Waals surface area contributed by atoms with Crippen LogP contribution >= 0.6 is 0 Å². The van der Waals surface area contributed by atoms with E-state index >= 15 is 0 Å². The zero-order valence-corrected chi connectivity index (χ0v) is 9.28. The smallest absolute Gasteiger partial charge is 0.0948 e. The average Bonchev–Trinajstić information content (AvgIpc) is 2.58. The third-order valence-corrected chi connectivity index (χ3v) is 2.84. The zero-order valence-electron chi connectivity index (χ0n) is 9.28. The largest absolute Gasteiger partial charge is 0.382 e. The molecule has 15 heavy (non-hydrogen) atoms. The van der Waals surface area contributed by atoms with Gasteiger partial charge in [0.25, 0.3) is 0 Å². The highest BCUT2D eigenvalue weighted by Gasteiger charge is 2.21. The molecular weight excluding hydrogens is 190 g/mol. The van der Waals surface area contributed by atoms with Gasteiger partial charge in [0.1, 0.15) is 0 Å². The second kappa shape index (κ2) is 5.28. The van der Waals surface area contributed by atoms with Gasteiger partial charge >= 0.3 is 0 Å². The number of imidazole rings is 1. The Morgan fingerprint density at radius 2 is 2.47 bits per heavy atom. The molecule has 0 unspecified atom stereocenters. The van der Waals surface area contributed by atoms with Crippen LogP contribution in [0.2, 0.25) is 0 Å². The summed E-state index contributed by atoms with van der Waals surface area (Å²) >= 11 is 0. The Hall–Kier alpha value is -0.870. The summed E-state index contributed by atoms with van der Waals surface area (Å²) in [6.45, 7) is 6.89. The van der Waals surface area contributed by atoms with E-state index in [0.29, 0.717) is 5.92 Å². The summed E-state index contributed by atoms with van der Waals surface area (Å²) in [6.07, 6.45) is 4.99. The molecule has 0 aliphatic carbocycles. The van der Waals surface area contributed by atoms with E-state index in [-0.39, 0.29) is 0 Å². The molecule has 1 aliphatic rings. The van der Waals surface area contributed by atoms with Gasteiger partial charge in [-0.25, -0.2) is 4.98 Å². The van der Waals surface area contributed by atoms with E-state index in [4.69, 9.17) is 4.74 Å². The lowest BCUT2D eigenvalue weighted by atomic mass is 10.00. The minimum Gasteiger partial charge on any atom is -0.382 e. The fraction of sp³-hybridized carbons (Fsp3) is 0.727. The van der Waals surface area contributed by atoms with Gasteiger partial charge < -0.3 is 14.6 Å². The van der Waals surface area contributed by atoms with E-state index in [0.717, 1.165) is 39.3 Å². The number of ether oxygens (including phenoxy) is 1. The van der Waals surface area contributed by atoms with E-state index in [2.05, 4.69) is 14.9 Å². The fourth-order valence-electron chi connectivity index (χ4n) is 1.84. The Morgan fingerprint density at radius 1 is 1.60 bits per heavy atom. The van der Waals surface area contributed by atoms with Gasteiger partial charge in [-0.15, -0.1) is 0 Å². The Bertz CT molecular complexity index is 294. The molecule has 2 rings (SSSR count). The Labute approximate surface area is 90.6 Å². The molecule has 1 saturated heterocycles. The number of aryl methyl sites for hydroxylation is 1. The molecule has 4 heteroatoms. The average molecular weight is 209 g/mol. The molecule has 1 aromatic rings. The van der Waals surface area contributed by atoms with Crippen LogP contribution in [0, 0.1) is 0 Å². The monoisotopic (exact) mass is 209 g/mol. The summed E-state index contributed by atoms with van der Waals surface area (Å²) in [5, 5.41) is 3.29. The summed E-state index contributed by atoms with van der Waals surface area (Å²) in [7, 11) is 0. The second-order valence-corrected chi connectivity index (χ2v) is 3.92. The molecule has 84 valence electrons. The van der Waals surface area contributed by atoms with Crippen LogP contribution in [0.1, 0.15) is 25.0 Å². The third-order valence-electron chi connectivity index (χ3n) is 2.84. The first kappa shape index (κ1) is 10.6. The maximum atomic E-state index is 5.33. The lowest BCUT2D eigenvalue weighted by Crippen LogP contribution is -2.40. The SMILES string of the molecule is CCOCCCn1cncc1C1CNC1. The maximum absolute atomic E-state index is 5.33. The Balaban J connectivity index is 1.82. The van der Waals surface area contributed by atoms with Gasteiger partial charge in [-0.05, 0) is 13.3 Å². The van der Waals surface area contributed by atoms with Gasteiger partial charge in [0.2, 0.25) is 0 Å². The highest BCUT2D eigenvalue weighted by molar-refractivity contribution is 5.11. The lowest BCUT2D eigenvalue weighted by molar-refractivity contribution is 0.141. The van der Waals surface area contributed by atoms with Crippen LogP contribution in [0.5, 0.6) is 0 Å². The minimum atomic E-state index is 0.666. The zero-order chi connectivity index (χ0) is 10.5. The molecule has 0 saturated carbocycles. The molecule has 1 fully saturated rings. The number of aromatic nitrogens is 2. The van der Waals surface area contributed by atoms with Gasteiger partial charge in [-0.1, -0.05) is 0 Å². The summed E-state index contributed by atoms with van der Waals surface area (Å²) < 4.78 is 7.58. The number of hydrogen-bond donors (Lipinski definition) is 1. The van der Waals surface area contributed by atoms with E-state index in [1.54, 1.807) is 0 Å². The van der Waals surface area contributed by atoms with Gasteiger partial charge in [0.15, 0.2) is 0 Å². The normalized spacial score (nSPS) is 16.6. The van der Waals surface area contributed by atoms with Crippen molar-refractivity contribution in [3.63, 3.8) is 0 Å². The molecule has 1 aromatic heterocycles. The highest BCUT2D eigenvalue weighted by atomic mass is 16.5. The first-order valence-electron chi connectivity index (χ1n) is 5.70. The van der Waals surface area contributed by atoms with Crippen LogP contribution in [-0.4, -0.2) is 35.9 Å². The van der Waals surface area contributed by atoms with Crippen LogP contribution < -0.4 is 5.32 Å². The standard InChI is InChI=1S/C11H19N3O/c1-2-15-5-3-4-14-9-13-8-11(14)10-6-12-7-10/h8-10,12H,2-7H2,1H3.